The van der Waals surface area contributed by atoms with Crippen LogP contribution < -0.4 is 9.72 Å². The molecule has 0 spiro atoms. The van der Waals surface area contributed by atoms with Crippen LogP contribution in [-0.4, -0.2) is 41.2 Å². The molecular weight excluding hydrogens is 1030 g/mol. The summed E-state index contributed by atoms with van der Waals surface area (Å²) in [5, 5.41) is 28.1. The molecule has 0 aliphatic heterocycles. The minimum absolute atomic E-state index is 0. The van der Waals surface area contributed by atoms with Crippen LogP contribution in [0.1, 0.15) is 166 Å². The molecule has 0 aliphatic carbocycles. The normalized spacial score (nSPS) is 12.4. The van der Waals surface area contributed by atoms with E-state index in [1.54, 1.807) is 0 Å². The maximum absolute atomic E-state index is 6.25. The summed E-state index contributed by atoms with van der Waals surface area (Å²) in [6.07, 6.45) is 0. The quantitative estimate of drug-likeness (QED) is 0.214. The van der Waals surface area contributed by atoms with E-state index in [9.17, 15) is 0 Å². The molecule has 2 N–H and O–H groups in total. The van der Waals surface area contributed by atoms with Crippen molar-refractivity contribution in [1.29, 1.82) is 21.0 Å². The fourth-order valence-electron chi connectivity index (χ4n) is 6.25. The summed E-state index contributed by atoms with van der Waals surface area (Å²) in [4.78, 5) is 8.44. The van der Waals surface area contributed by atoms with Gasteiger partial charge >= 0.3 is 0 Å². The Bertz CT molecular complexity index is 678. The maximum Gasteiger partial charge on any atom is 0.115 e. The first kappa shape index (κ1) is 67.1. The Labute approximate surface area is 336 Å². The summed E-state index contributed by atoms with van der Waals surface area (Å²) < 4.78 is 0. The second kappa shape index (κ2) is 26.7. The van der Waals surface area contributed by atoms with Gasteiger partial charge in [-0.2, -0.15) is 0 Å². The predicted molar refractivity (Wildman–Crippen MR) is 217 cm³/mol. The van der Waals surface area contributed by atoms with Crippen LogP contribution in [0, 0.1) is 47.3 Å². The van der Waals surface area contributed by atoms with E-state index in [0.717, 1.165) is 0 Å². The summed E-state index contributed by atoms with van der Waals surface area (Å²) in [7, 11) is -2.58. The van der Waals surface area contributed by atoms with Crippen molar-refractivity contribution in [2.45, 2.75) is 207 Å². The molecule has 0 amide bonds. The average molecular weight is 1110 g/mol. The molecule has 0 aromatic carbocycles. The molecule has 0 aliphatic rings. The molecule has 12 heteroatoms. The first-order chi connectivity index (χ1) is 19.9. The fourth-order valence-corrected chi connectivity index (χ4v) is 29.2. The Kier molecular flexibility index (Phi) is 37.3. The van der Waals surface area contributed by atoms with E-state index in [-0.39, 0.29) is 42.1 Å². The topological polar surface area (TPSA) is 119 Å². The van der Waals surface area contributed by atoms with Crippen molar-refractivity contribution in [3.05, 3.63) is 26.3 Å². The zero-order valence-electron chi connectivity index (χ0n) is 35.4. The van der Waals surface area contributed by atoms with Crippen molar-refractivity contribution in [2.75, 3.05) is 0 Å². The van der Waals surface area contributed by atoms with Gasteiger partial charge in [-0.25, -0.2) is 0 Å². The third kappa shape index (κ3) is 30.6. The summed E-state index contributed by atoms with van der Waals surface area (Å²) in [6, 6.07) is 0. The van der Waals surface area contributed by atoms with Crippen LogP contribution in [0.5, 0.6) is 0 Å². The van der Waals surface area contributed by atoms with Gasteiger partial charge in [-0.15, -0.1) is 0 Å². The zero-order valence-corrected chi connectivity index (χ0v) is 44.0. The van der Waals surface area contributed by atoms with Crippen LogP contribution in [0.15, 0.2) is 0 Å². The Morgan fingerprint density at radius 2 is 0.312 bits per heavy atom. The largest absolute Gasteiger partial charge is 0.512 e. The van der Waals surface area contributed by atoms with E-state index in [4.69, 9.17) is 47.3 Å². The van der Waals surface area contributed by atoms with Crippen molar-refractivity contribution in [1.82, 2.24) is 9.72 Å². The third-order valence-corrected chi connectivity index (χ3v) is 22.5. The molecule has 0 heterocycles. The molecule has 48 heavy (non-hydrogen) atoms. The molecule has 0 bridgehead atoms. The zero-order chi connectivity index (χ0) is 39.7. The van der Waals surface area contributed by atoms with Crippen LogP contribution >= 0.6 is 32.3 Å². The van der Waals surface area contributed by atoms with Gasteiger partial charge in [0.15, 0.2) is 0 Å². The standard InChI is InChI=1S/2C16H37NP2.4CN.2Pt/c2*1-13(2,3)18(14(4,5)6)17-19(15(7,8)9)16(10,11)12;4*1-2;;/h2*17H,1-12H3;;;;;;/q;;4*-1;;/p+4. The van der Waals surface area contributed by atoms with Crippen LogP contribution in [0.2, 0.25) is 0 Å². The number of hydrogen-bond acceptors (Lipinski definition) is 6. The molecule has 0 rings (SSSR count). The van der Waals surface area contributed by atoms with Gasteiger partial charge in [-0.05, 0) is 166 Å². The Hall–Kier alpha value is 0.977. The Morgan fingerprint density at radius 1 is 0.250 bits per heavy atom. The van der Waals surface area contributed by atoms with Crippen LogP contribution in [0.25, 0.3) is 0 Å². The molecule has 0 unspecified atom stereocenters. The van der Waals surface area contributed by atoms with Gasteiger partial charge in [0.05, 0.1) is 41.2 Å². The molecule has 0 aromatic rings. The van der Waals surface area contributed by atoms with E-state index < -0.39 is 32.3 Å². The van der Waals surface area contributed by atoms with E-state index in [2.05, 4.69) is 176 Å². The van der Waals surface area contributed by atoms with Gasteiger partial charge in [-0.3, -0.25) is 0 Å². The number of rotatable bonds is 4. The third-order valence-electron chi connectivity index (χ3n) is 6.50. The molecule has 0 radical (unpaired) electrons. The first-order valence-electron chi connectivity index (χ1n) is 15.9. The minimum Gasteiger partial charge on any atom is -0.512 e. The van der Waals surface area contributed by atoms with Gasteiger partial charge in [-0.1, -0.05) is 9.72 Å². The van der Waals surface area contributed by atoms with Gasteiger partial charge in [0.2, 0.25) is 0 Å². The van der Waals surface area contributed by atoms with E-state index >= 15 is 0 Å². The SMILES string of the molecule is CC(C)(C)[PH+](N[PH+](C(C)(C)C)C(C)(C)C)C(C)(C)C.CC(C)(C)[PH+](N[PH+](C(C)(C)C)C(C)(C)C)C(C)(C)C.[C-]#N.[C-]#N.[C-]#N.[C-]#N.[Pt].[Pt]. The van der Waals surface area contributed by atoms with Gasteiger partial charge in [0.25, 0.3) is 0 Å². The predicted octanol–water partition coefficient (Wildman–Crippen LogP) is 12.4. The number of nitrogens with zero attached hydrogens (tertiary/aromatic N) is 4. The molecule has 0 aromatic heterocycles. The molecule has 0 saturated heterocycles. The summed E-state index contributed by atoms with van der Waals surface area (Å²) in [5.41, 5.74) is 0. The van der Waals surface area contributed by atoms with Crippen molar-refractivity contribution in [3.63, 3.8) is 0 Å². The van der Waals surface area contributed by atoms with Gasteiger partial charge in [0.1, 0.15) is 32.3 Å². The van der Waals surface area contributed by atoms with Crippen LogP contribution in [-0.2, 0) is 42.1 Å². The van der Waals surface area contributed by atoms with Crippen molar-refractivity contribution in [2.24, 2.45) is 0 Å². The fraction of sp³-hybridized carbons (Fsp3) is 0.889. The van der Waals surface area contributed by atoms with Crippen LogP contribution in [0.4, 0.5) is 0 Å². The van der Waals surface area contributed by atoms with E-state index in [1.807, 2.05) is 0 Å². The number of hydrogen-bond donors (Lipinski definition) is 2. The molecule has 0 atom stereocenters. The van der Waals surface area contributed by atoms with Gasteiger partial charge in [0, 0.05) is 42.1 Å². The Balaban J connectivity index is -0.0000000886. The molecule has 0 fully saturated rings. The van der Waals surface area contributed by atoms with Crippen molar-refractivity contribution < 1.29 is 42.1 Å². The average Bonchev–Trinajstić information content (AvgIpc) is 2.78. The first-order valence-corrected chi connectivity index (χ1v) is 21.9. The second-order valence-electron chi connectivity index (χ2n) is 19.8. The molecule has 0 saturated carbocycles. The van der Waals surface area contributed by atoms with Gasteiger partial charge < -0.3 is 47.3 Å². The molecule has 6 nitrogen and oxygen atoms in total. The summed E-state index contributed by atoms with van der Waals surface area (Å²) >= 11 is 0. The van der Waals surface area contributed by atoms with E-state index in [0.29, 0.717) is 41.2 Å². The molecular formula is C36H78N6P4Pt2. The van der Waals surface area contributed by atoms with Crippen LogP contribution in [0.3, 0.4) is 0 Å². The summed E-state index contributed by atoms with van der Waals surface area (Å²) in [5.74, 6) is 0. The molecule has 292 valence electrons. The smallest absolute Gasteiger partial charge is 0.115 e. The summed E-state index contributed by atoms with van der Waals surface area (Å²) in [6.45, 7) is 76.8. The van der Waals surface area contributed by atoms with Crippen molar-refractivity contribution >= 4 is 32.3 Å². The minimum atomic E-state index is -0.644. The number of nitrogens with one attached hydrogen (secondary N) is 2. The van der Waals surface area contributed by atoms with E-state index in [1.165, 1.54) is 0 Å². The van der Waals surface area contributed by atoms with Crippen molar-refractivity contribution in [3.8, 4) is 0 Å². The Morgan fingerprint density at radius 3 is 0.354 bits per heavy atom. The monoisotopic (exact) mass is 1110 g/mol. The maximum atomic E-state index is 6.25. The second-order valence-corrected chi connectivity index (χ2v) is 36.8.